The van der Waals surface area contributed by atoms with Crippen LogP contribution in [0.25, 0.3) is 11.3 Å². The Bertz CT molecular complexity index is 921. The minimum absolute atomic E-state index is 0.169. The predicted octanol–water partition coefficient (Wildman–Crippen LogP) is 2.38. The van der Waals surface area contributed by atoms with Crippen molar-refractivity contribution < 1.29 is 9.18 Å². The molecule has 2 bridgehead atoms. The van der Waals surface area contributed by atoms with Crippen molar-refractivity contribution in [3.05, 3.63) is 64.7 Å². The van der Waals surface area contributed by atoms with Crippen molar-refractivity contribution >= 4 is 5.91 Å². The number of allylic oxidation sites excluding steroid dienone is 2. The van der Waals surface area contributed by atoms with Gasteiger partial charge < -0.3 is 5.32 Å². The molecular formula is C20H20FN3O2. The summed E-state index contributed by atoms with van der Waals surface area (Å²) in [5.74, 6) is 1.02. The molecule has 6 heteroatoms. The Morgan fingerprint density at radius 2 is 2.04 bits per heavy atom. The zero-order valence-electron chi connectivity index (χ0n) is 14.3. The average molecular weight is 353 g/mol. The lowest BCUT2D eigenvalue weighted by Crippen LogP contribution is -2.36. The molecule has 0 aliphatic heterocycles. The molecule has 134 valence electrons. The summed E-state index contributed by atoms with van der Waals surface area (Å²) in [5.41, 5.74) is 0.243. The van der Waals surface area contributed by atoms with Gasteiger partial charge in [-0.1, -0.05) is 24.3 Å². The fourth-order valence-electron chi connectivity index (χ4n) is 3.94. The summed E-state index contributed by atoms with van der Waals surface area (Å²) in [6.45, 7) is 0.448. The Morgan fingerprint density at radius 1 is 1.19 bits per heavy atom. The van der Waals surface area contributed by atoms with Crippen LogP contribution in [0.1, 0.15) is 12.8 Å². The molecule has 2 aliphatic rings. The Hall–Kier alpha value is -2.76. The molecule has 0 radical (unpaired) electrons. The number of hydrogen-bond acceptors (Lipinski definition) is 3. The molecular weight excluding hydrogens is 333 g/mol. The largest absolute Gasteiger partial charge is 0.354 e. The molecule has 2 aliphatic carbocycles. The van der Waals surface area contributed by atoms with Gasteiger partial charge in [0, 0.05) is 18.2 Å². The van der Waals surface area contributed by atoms with E-state index >= 15 is 0 Å². The maximum absolute atomic E-state index is 13.9. The number of halogens is 1. The van der Waals surface area contributed by atoms with Crippen LogP contribution in [0, 0.1) is 23.6 Å². The van der Waals surface area contributed by atoms with E-state index in [1.54, 1.807) is 18.2 Å². The smallest absolute Gasteiger partial charge is 0.267 e. The minimum Gasteiger partial charge on any atom is -0.354 e. The van der Waals surface area contributed by atoms with Crippen LogP contribution in [0.5, 0.6) is 0 Å². The molecule has 2 aromatic rings. The lowest BCUT2D eigenvalue weighted by atomic mass is 9.94. The van der Waals surface area contributed by atoms with Gasteiger partial charge in [0.2, 0.25) is 5.91 Å². The van der Waals surface area contributed by atoms with Gasteiger partial charge in [0.1, 0.15) is 12.4 Å². The van der Waals surface area contributed by atoms with Crippen molar-refractivity contribution in [2.24, 2.45) is 17.8 Å². The van der Waals surface area contributed by atoms with Crippen molar-refractivity contribution in [2.45, 2.75) is 19.4 Å². The van der Waals surface area contributed by atoms with Gasteiger partial charge in [-0.05, 0) is 48.8 Å². The summed E-state index contributed by atoms with van der Waals surface area (Å²) in [6.07, 6.45) is 6.81. The van der Waals surface area contributed by atoms with E-state index in [4.69, 9.17) is 0 Å². The number of amides is 1. The SMILES string of the molecule is O=C(Cn1nc(-c2ccccc2F)ccc1=O)NC[C@H]1C[C@@H]2C=C[C@H]1C2. The van der Waals surface area contributed by atoms with E-state index in [9.17, 15) is 14.0 Å². The van der Waals surface area contributed by atoms with Crippen molar-refractivity contribution in [1.29, 1.82) is 0 Å². The summed E-state index contributed by atoms with van der Waals surface area (Å²) >= 11 is 0. The molecule has 0 saturated heterocycles. The van der Waals surface area contributed by atoms with Gasteiger partial charge in [0.25, 0.3) is 5.56 Å². The van der Waals surface area contributed by atoms with E-state index in [2.05, 4.69) is 22.6 Å². The molecule has 0 spiro atoms. The summed E-state index contributed by atoms with van der Waals surface area (Å²) in [4.78, 5) is 24.2. The lowest BCUT2D eigenvalue weighted by Gasteiger charge is -2.18. The Balaban J connectivity index is 1.43. The van der Waals surface area contributed by atoms with Crippen LogP contribution >= 0.6 is 0 Å². The van der Waals surface area contributed by atoms with E-state index in [0.29, 0.717) is 35.6 Å². The van der Waals surface area contributed by atoms with Gasteiger partial charge in [-0.3, -0.25) is 9.59 Å². The highest BCUT2D eigenvalue weighted by molar-refractivity contribution is 5.75. The molecule has 0 unspecified atom stereocenters. The molecule has 1 aromatic heterocycles. The third-order valence-electron chi connectivity index (χ3n) is 5.29. The Morgan fingerprint density at radius 3 is 2.77 bits per heavy atom. The summed E-state index contributed by atoms with van der Waals surface area (Å²) in [6, 6.07) is 9.00. The first-order valence-electron chi connectivity index (χ1n) is 8.88. The van der Waals surface area contributed by atoms with E-state index < -0.39 is 5.82 Å². The van der Waals surface area contributed by atoms with E-state index in [1.165, 1.54) is 24.6 Å². The van der Waals surface area contributed by atoms with Crippen molar-refractivity contribution in [2.75, 3.05) is 6.54 Å². The molecule has 1 N–H and O–H groups in total. The Kier molecular flexibility index (Phi) is 4.41. The van der Waals surface area contributed by atoms with Crippen LogP contribution in [-0.2, 0) is 11.3 Å². The molecule has 26 heavy (non-hydrogen) atoms. The van der Waals surface area contributed by atoms with Crippen molar-refractivity contribution in [3.8, 4) is 11.3 Å². The highest BCUT2D eigenvalue weighted by Gasteiger charge is 2.35. The van der Waals surface area contributed by atoms with Crippen molar-refractivity contribution in [3.63, 3.8) is 0 Å². The second-order valence-corrected chi connectivity index (χ2v) is 7.04. The van der Waals surface area contributed by atoms with Crippen LogP contribution in [0.3, 0.4) is 0 Å². The fraction of sp³-hybridized carbons (Fsp3) is 0.350. The van der Waals surface area contributed by atoms with E-state index in [0.717, 1.165) is 11.1 Å². The maximum atomic E-state index is 13.9. The topological polar surface area (TPSA) is 64.0 Å². The number of carbonyl (C=O) groups is 1. The number of aromatic nitrogens is 2. The first-order chi connectivity index (χ1) is 12.6. The summed E-state index contributed by atoms with van der Waals surface area (Å²) in [5, 5.41) is 7.06. The summed E-state index contributed by atoms with van der Waals surface area (Å²) in [7, 11) is 0. The highest BCUT2D eigenvalue weighted by atomic mass is 19.1. The van der Waals surface area contributed by atoms with Crippen LogP contribution in [0.4, 0.5) is 4.39 Å². The number of carbonyl (C=O) groups excluding carboxylic acids is 1. The van der Waals surface area contributed by atoms with Crippen LogP contribution < -0.4 is 10.9 Å². The van der Waals surface area contributed by atoms with Gasteiger partial charge in [-0.15, -0.1) is 0 Å². The Labute approximate surface area is 150 Å². The van der Waals surface area contributed by atoms with Gasteiger partial charge in [0.05, 0.1) is 5.69 Å². The zero-order chi connectivity index (χ0) is 18.1. The zero-order valence-corrected chi connectivity index (χ0v) is 14.3. The number of fused-ring (bicyclic) bond motifs is 2. The highest BCUT2D eigenvalue weighted by Crippen LogP contribution is 2.42. The molecule has 1 aromatic carbocycles. The van der Waals surface area contributed by atoms with Crippen LogP contribution in [0.15, 0.2) is 53.3 Å². The average Bonchev–Trinajstić information content (AvgIpc) is 3.25. The predicted molar refractivity (Wildman–Crippen MR) is 95.7 cm³/mol. The van der Waals surface area contributed by atoms with Crippen molar-refractivity contribution in [1.82, 2.24) is 15.1 Å². The second kappa shape index (κ2) is 6.86. The van der Waals surface area contributed by atoms with Crippen LogP contribution in [0.2, 0.25) is 0 Å². The first kappa shape index (κ1) is 16.7. The maximum Gasteiger partial charge on any atom is 0.267 e. The van der Waals surface area contributed by atoms with Gasteiger partial charge >= 0.3 is 0 Å². The quantitative estimate of drug-likeness (QED) is 0.840. The first-order valence-corrected chi connectivity index (χ1v) is 8.88. The third kappa shape index (κ3) is 3.31. The molecule has 4 rings (SSSR count). The fourth-order valence-corrected chi connectivity index (χ4v) is 3.94. The molecule has 1 fully saturated rings. The number of nitrogens with one attached hydrogen (secondary N) is 1. The molecule has 3 atom stereocenters. The lowest BCUT2D eigenvalue weighted by molar-refractivity contribution is -0.122. The monoisotopic (exact) mass is 353 g/mol. The third-order valence-corrected chi connectivity index (χ3v) is 5.29. The van der Waals surface area contributed by atoms with Crippen LogP contribution in [-0.4, -0.2) is 22.2 Å². The standard InChI is InChI=1S/C20H20FN3O2/c21-17-4-2-1-3-16(17)18-7-8-20(26)24(23-18)12-19(25)22-11-15-10-13-5-6-14(15)9-13/h1-8,13-15H,9-12H2,(H,22,25)/t13-,14+,15-/m1/s1. The molecule has 5 nitrogen and oxygen atoms in total. The number of benzene rings is 1. The van der Waals surface area contributed by atoms with Gasteiger partial charge in [-0.2, -0.15) is 5.10 Å². The van der Waals surface area contributed by atoms with Gasteiger partial charge in [0.15, 0.2) is 0 Å². The van der Waals surface area contributed by atoms with E-state index in [-0.39, 0.29) is 18.0 Å². The van der Waals surface area contributed by atoms with Gasteiger partial charge in [-0.25, -0.2) is 9.07 Å². The van der Waals surface area contributed by atoms with E-state index in [1.807, 2.05) is 0 Å². The molecule has 1 heterocycles. The minimum atomic E-state index is -0.418. The second-order valence-electron chi connectivity index (χ2n) is 7.04. The summed E-state index contributed by atoms with van der Waals surface area (Å²) < 4.78 is 15.0. The number of nitrogens with zero attached hydrogens (tertiary/aromatic N) is 2. The number of hydrogen-bond donors (Lipinski definition) is 1. The normalized spacial score (nSPS) is 23.3. The number of rotatable bonds is 5. The molecule has 1 saturated carbocycles. The molecule has 1 amide bonds.